The van der Waals surface area contributed by atoms with Crippen LogP contribution >= 0.6 is 0 Å². The molecule has 2 aromatic heterocycles. The number of cyclic esters (lactones) is 1. The number of halogens is 1. The van der Waals surface area contributed by atoms with Crippen LogP contribution in [0.25, 0.3) is 0 Å². The highest BCUT2D eigenvalue weighted by atomic mass is 19.1. The molecule has 1 fully saturated rings. The van der Waals surface area contributed by atoms with Gasteiger partial charge in [-0.05, 0) is 35.2 Å². The van der Waals surface area contributed by atoms with Crippen LogP contribution in [-0.4, -0.2) is 21.0 Å². The monoisotopic (exact) mass is 360 g/mol. The number of amides is 1. The van der Waals surface area contributed by atoms with Gasteiger partial charge in [-0.25, -0.2) is 14.2 Å². The molecular formula is C20H13FN4O2. The van der Waals surface area contributed by atoms with Gasteiger partial charge in [-0.3, -0.25) is 9.97 Å². The SMILES string of the molecule is O=C1N[C@H](c2cncc(C#Cc3cnccn3)c2)C(c2cccc(F)c2)O1. The van der Waals surface area contributed by atoms with Gasteiger partial charge in [0.05, 0.1) is 6.20 Å². The maximum atomic E-state index is 13.6. The second-order valence-corrected chi connectivity index (χ2v) is 5.85. The first kappa shape index (κ1) is 16.7. The van der Waals surface area contributed by atoms with Gasteiger partial charge in [-0.15, -0.1) is 0 Å². The molecule has 2 atom stereocenters. The zero-order chi connectivity index (χ0) is 18.6. The average molecular weight is 360 g/mol. The van der Waals surface area contributed by atoms with Gasteiger partial charge in [0.15, 0.2) is 6.10 Å². The Balaban J connectivity index is 1.64. The number of nitrogens with zero attached hydrogens (tertiary/aromatic N) is 3. The fourth-order valence-electron chi connectivity index (χ4n) is 2.82. The van der Waals surface area contributed by atoms with E-state index in [1.54, 1.807) is 43.1 Å². The van der Waals surface area contributed by atoms with Gasteiger partial charge < -0.3 is 10.1 Å². The summed E-state index contributed by atoms with van der Waals surface area (Å²) < 4.78 is 18.9. The Hall–Kier alpha value is -3.79. The van der Waals surface area contributed by atoms with E-state index in [-0.39, 0.29) is 0 Å². The molecule has 3 aromatic rings. The molecule has 132 valence electrons. The zero-order valence-electron chi connectivity index (χ0n) is 14.0. The number of carbonyl (C=O) groups is 1. The second-order valence-electron chi connectivity index (χ2n) is 5.85. The van der Waals surface area contributed by atoms with Gasteiger partial charge >= 0.3 is 6.09 Å². The van der Waals surface area contributed by atoms with Crippen LogP contribution in [0.15, 0.2) is 61.3 Å². The topological polar surface area (TPSA) is 77.0 Å². The Labute approximate surface area is 154 Å². The summed E-state index contributed by atoms with van der Waals surface area (Å²) in [6, 6.07) is 7.30. The lowest BCUT2D eigenvalue weighted by Gasteiger charge is -2.17. The predicted molar refractivity (Wildman–Crippen MR) is 93.7 cm³/mol. The van der Waals surface area contributed by atoms with Crippen molar-refractivity contribution in [3.8, 4) is 11.8 Å². The smallest absolute Gasteiger partial charge is 0.408 e. The van der Waals surface area contributed by atoms with Crippen molar-refractivity contribution >= 4 is 6.09 Å². The third kappa shape index (κ3) is 3.75. The number of aromatic nitrogens is 3. The zero-order valence-corrected chi connectivity index (χ0v) is 14.0. The number of hydrogen-bond donors (Lipinski definition) is 1. The van der Waals surface area contributed by atoms with E-state index in [4.69, 9.17) is 4.74 Å². The Morgan fingerprint density at radius 1 is 1.04 bits per heavy atom. The number of alkyl carbamates (subject to hydrolysis) is 1. The largest absolute Gasteiger partial charge is 0.439 e. The second kappa shape index (κ2) is 7.22. The highest BCUT2D eigenvalue weighted by Crippen LogP contribution is 2.36. The van der Waals surface area contributed by atoms with Crippen LogP contribution in [0.5, 0.6) is 0 Å². The number of pyridine rings is 1. The van der Waals surface area contributed by atoms with E-state index in [1.165, 1.54) is 12.1 Å². The predicted octanol–water partition coefficient (Wildman–Crippen LogP) is 2.93. The quantitative estimate of drug-likeness (QED) is 0.711. The van der Waals surface area contributed by atoms with E-state index in [0.717, 1.165) is 0 Å². The van der Waals surface area contributed by atoms with Crippen molar-refractivity contribution in [1.82, 2.24) is 20.3 Å². The van der Waals surface area contributed by atoms with Crippen LogP contribution in [-0.2, 0) is 4.74 Å². The number of carbonyl (C=O) groups excluding carboxylic acids is 1. The highest BCUT2D eigenvalue weighted by molar-refractivity contribution is 5.71. The van der Waals surface area contributed by atoms with Crippen LogP contribution in [0.2, 0.25) is 0 Å². The van der Waals surface area contributed by atoms with Gasteiger partial charge in [-0.2, -0.15) is 0 Å². The molecular weight excluding hydrogens is 347 g/mol. The van der Waals surface area contributed by atoms with Crippen molar-refractivity contribution in [2.45, 2.75) is 12.1 Å². The van der Waals surface area contributed by atoms with E-state index >= 15 is 0 Å². The van der Waals surface area contributed by atoms with Crippen LogP contribution in [0.3, 0.4) is 0 Å². The maximum absolute atomic E-state index is 13.6. The standard InChI is InChI=1S/C20H13FN4O2/c21-16-3-1-2-14(9-16)19-18(25-20(26)27-19)15-8-13(10-23-11-15)4-5-17-12-22-6-7-24-17/h1-3,6-12,18-19H,(H,25,26)/t18-,19?/m1/s1. The molecule has 1 saturated heterocycles. The van der Waals surface area contributed by atoms with Crippen molar-refractivity contribution < 1.29 is 13.9 Å². The van der Waals surface area contributed by atoms with Gasteiger partial charge in [0.1, 0.15) is 17.6 Å². The summed E-state index contributed by atoms with van der Waals surface area (Å²) in [6.07, 6.45) is 6.72. The summed E-state index contributed by atoms with van der Waals surface area (Å²) >= 11 is 0. The van der Waals surface area contributed by atoms with Crippen LogP contribution in [0.1, 0.15) is 34.5 Å². The molecule has 1 unspecified atom stereocenters. The Kier molecular flexibility index (Phi) is 4.45. The number of ether oxygens (including phenoxy) is 1. The molecule has 7 heteroatoms. The number of benzene rings is 1. The molecule has 0 saturated carbocycles. The minimum atomic E-state index is -0.654. The third-order valence-electron chi connectivity index (χ3n) is 4.00. The Bertz CT molecular complexity index is 1050. The molecule has 1 aromatic carbocycles. The molecule has 27 heavy (non-hydrogen) atoms. The van der Waals surface area contributed by atoms with Crippen molar-refractivity contribution in [2.75, 3.05) is 0 Å². The Morgan fingerprint density at radius 3 is 2.78 bits per heavy atom. The minimum absolute atomic E-state index is 0.393. The molecule has 1 aliphatic rings. The lowest BCUT2D eigenvalue weighted by molar-refractivity contribution is 0.132. The summed E-state index contributed by atoms with van der Waals surface area (Å²) in [7, 11) is 0. The van der Waals surface area contributed by atoms with E-state index in [0.29, 0.717) is 22.4 Å². The number of hydrogen-bond acceptors (Lipinski definition) is 5. The van der Waals surface area contributed by atoms with Crippen molar-refractivity contribution in [2.24, 2.45) is 0 Å². The van der Waals surface area contributed by atoms with Crippen LogP contribution in [0, 0.1) is 17.7 Å². The minimum Gasteiger partial charge on any atom is -0.439 e. The van der Waals surface area contributed by atoms with Crippen molar-refractivity contribution in [3.63, 3.8) is 0 Å². The lowest BCUT2D eigenvalue weighted by Crippen LogP contribution is -2.19. The summed E-state index contributed by atoms with van der Waals surface area (Å²) in [4.78, 5) is 24.0. The van der Waals surface area contributed by atoms with E-state index < -0.39 is 24.1 Å². The summed E-state index contributed by atoms with van der Waals surface area (Å²) in [5.41, 5.74) is 2.46. The molecule has 1 aliphatic heterocycles. The summed E-state index contributed by atoms with van der Waals surface area (Å²) in [5.74, 6) is 5.48. The van der Waals surface area contributed by atoms with E-state index in [2.05, 4.69) is 32.1 Å². The summed E-state index contributed by atoms with van der Waals surface area (Å²) in [6.45, 7) is 0. The first-order valence-electron chi connectivity index (χ1n) is 8.14. The normalized spacial score (nSPS) is 18.2. The van der Waals surface area contributed by atoms with Gasteiger partial charge in [0, 0.05) is 30.4 Å². The fourth-order valence-corrected chi connectivity index (χ4v) is 2.82. The molecule has 1 amide bonds. The first-order chi connectivity index (χ1) is 13.2. The maximum Gasteiger partial charge on any atom is 0.408 e. The number of rotatable bonds is 2. The molecule has 6 nitrogen and oxygen atoms in total. The van der Waals surface area contributed by atoms with Crippen molar-refractivity contribution in [1.29, 1.82) is 0 Å². The lowest BCUT2D eigenvalue weighted by atomic mass is 9.97. The molecule has 1 N–H and O–H groups in total. The van der Waals surface area contributed by atoms with Gasteiger partial charge in [-0.1, -0.05) is 18.1 Å². The summed E-state index contributed by atoms with van der Waals surface area (Å²) in [5, 5.41) is 2.75. The van der Waals surface area contributed by atoms with Crippen LogP contribution in [0.4, 0.5) is 9.18 Å². The number of nitrogens with one attached hydrogen (secondary N) is 1. The Morgan fingerprint density at radius 2 is 1.96 bits per heavy atom. The highest BCUT2D eigenvalue weighted by Gasteiger charge is 2.36. The molecule has 3 heterocycles. The van der Waals surface area contributed by atoms with Gasteiger partial charge in [0.25, 0.3) is 0 Å². The molecule has 4 rings (SSSR count). The molecule has 0 bridgehead atoms. The first-order valence-corrected chi connectivity index (χ1v) is 8.14. The molecule has 0 radical (unpaired) electrons. The average Bonchev–Trinajstić information content (AvgIpc) is 3.09. The van der Waals surface area contributed by atoms with E-state index in [9.17, 15) is 9.18 Å². The van der Waals surface area contributed by atoms with E-state index in [1.807, 2.05) is 6.07 Å². The third-order valence-corrected chi connectivity index (χ3v) is 4.00. The molecule has 0 spiro atoms. The fraction of sp³-hybridized carbons (Fsp3) is 0.100. The molecule has 0 aliphatic carbocycles. The van der Waals surface area contributed by atoms with Gasteiger partial charge in [0.2, 0.25) is 0 Å². The van der Waals surface area contributed by atoms with Crippen molar-refractivity contribution in [3.05, 3.63) is 89.5 Å². The van der Waals surface area contributed by atoms with Crippen LogP contribution < -0.4 is 5.32 Å².